The minimum absolute atomic E-state index is 0.0315. The SMILES string of the molecule is C=Cc1cc2n(c1N=C(N)Cl)C1(CCCCC1)CNC2=O. The molecule has 5 nitrogen and oxygen atoms in total. The van der Waals surface area contributed by atoms with Crippen LogP contribution in [0.15, 0.2) is 17.6 Å². The number of rotatable bonds is 2. The molecule has 3 N–H and O–H groups in total. The highest BCUT2D eigenvalue weighted by Crippen LogP contribution is 2.42. The fraction of sp³-hybridized carbons (Fsp3) is 0.467. The number of amidine groups is 1. The summed E-state index contributed by atoms with van der Waals surface area (Å²) in [5, 5.41) is 2.98. The van der Waals surface area contributed by atoms with Gasteiger partial charge in [0.25, 0.3) is 5.91 Å². The molecule has 0 bridgehead atoms. The van der Waals surface area contributed by atoms with Gasteiger partial charge in [0, 0.05) is 12.1 Å². The van der Waals surface area contributed by atoms with Gasteiger partial charge in [0.15, 0.2) is 5.29 Å². The molecule has 1 fully saturated rings. The number of aromatic nitrogens is 1. The van der Waals surface area contributed by atoms with E-state index in [1.54, 1.807) is 6.08 Å². The van der Waals surface area contributed by atoms with Crippen molar-refractivity contribution in [2.75, 3.05) is 6.54 Å². The number of nitrogens with one attached hydrogen (secondary N) is 1. The van der Waals surface area contributed by atoms with Crippen LogP contribution in [-0.4, -0.2) is 22.3 Å². The van der Waals surface area contributed by atoms with Gasteiger partial charge < -0.3 is 15.6 Å². The summed E-state index contributed by atoms with van der Waals surface area (Å²) in [6.45, 7) is 4.44. The van der Waals surface area contributed by atoms with Crippen molar-refractivity contribution in [2.24, 2.45) is 10.7 Å². The number of carbonyl (C=O) groups excluding carboxylic acids is 1. The second-order valence-corrected chi connectivity index (χ2v) is 6.14. The maximum absolute atomic E-state index is 12.2. The van der Waals surface area contributed by atoms with E-state index in [0.29, 0.717) is 18.1 Å². The molecule has 2 heterocycles. The summed E-state index contributed by atoms with van der Waals surface area (Å²) in [5.74, 6) is 0.563. The van der Waals surface area contributed by atoms with Crippen LogP contribution in [0.3, 0.4) is 0 Å². The Hall–Kier alpha value is -1.75. The Balaban J connectivity index is 2.24. The van der Waals surface area contributed by atoms with Crippen molar-refractivity contribution in [3.8, 4) is 0 Å². The highest BCUT2D eigenvalue weighted by atomic mass is 35.5. The molecule has 0 atom stereocenters. The second kappa shape index (κ2) is 5.22. The number of nitrogens with two attached hydrogens (primary N) is 1. The molecule has 6 heteroatoms. The third kappa shape index (κ3) is 2.25. The van der Waals surface area contributed by atoms with E-state index < -0.39 is 0 Å². The molecule has 1 amide bonds. The van der Waals surface area contributed by atoms with Crippen LogP contribution in [0.2, 0.25) is 0 Å². The standard InChI is InChI=1S/C15H19ClN4O/c1-2-10-8-11-13(21)18-9-15(6-4-3-5-7-15)20(11)12(10)19-14(16)17/h2,8H,1,3-7,9H2,(H2,17,19)(H,18,21). The van der Waals surface area contributed by atoms with Gasteiger partial charge in [-0.2, -0.15) is 0 Å². The summed E-state index contributed by atoms with van der Waals surface area (Å²) in [6, 6.07) is 1.82. The maximum Gasteiger partial charge on any atom is 0.268 e. The summed E-state index contributed by atoms with van der Waals surface area (Å²) in [6.07, 6.45) is 7.27. The molecule has 0 radical (unpaired) electrons. The molecule has 2 aliphatic rings. The van der Waals surface area contributed by atoms with Crippen LogP contribution in [0.1, 0.15) is 48.2 Å². The zero-order valence-corrected chi connectivity index (χ0v) is 12.6. The molecule has 0 aromatic carbocycles. The number of fused-ring (bicyclic) bond motifs is 2. The van der Waals surface area contributed by atoms with Crippen molar-refractivity contribution < 1.29 is 4.79 Å². The first-order valence-electron chi connectivity index (χ1n) is 7.24. The zero-order chi connectivity index (χ0) is 15.0. The molecule has 0 unspecified atom stereocenters. The summed E-state index contributed by atoms with van der Waals surface area (Å²) in [5.41, 5.74) is 6.85. The fourth-order valence-electron chi connectivity index (χ4n) is 3.56. The molecule has 21 heavy (non-hydrogen) atoms. The summed E-state index contributed by atoms with van der Waals surface area (Å²) >= 11 is 5.78. The van der Waals surface area contributed by atoms with Crippen LogP contribution >= 0.6 is 11.6 Å². The van der Waals surface area contributed by atoms with E-state index in [4.69, 9.17) is 17.3 Å². The molecule has 1 aliphatic carbocycles. The molecule has 112 valence electrons. The monoisotopic (exact) mass is 306 g/mol. The smallest absolute Gasteiger partial charge is 0.268 e. The van der Waals surface area contributed by atoms with Gasteiger partial charge in [-0.3, -0.25) is 4.79 Å². The molecule has 1 spiro atoms. The molecule has 1 aliphatic heterocycles. The van der Waals surface area contributed by atoms with Gasteiger partial charge in [0.05, 0.1) is 5.54 Å². The lowest BCUT2D eigenvalue weighted by Gasteiger charge is -2.43. The Morgan fingerprint density at radius 1 is 1.48 bits per heavy atom. The van der Waals surface area contributed by atoms with E-state index in [2.05, 4.69) is 16.9 Å². The van der Waals surface area contributed by atoms with Crippen LogP contribution in [0.4, 0.5) is 5.82 Å². The first-order chi connectivity index (χ1) is 10.1. The van der Waals surface area contributed by atoms with Crippen molar-refractivity contribution in [1.82, 2.24) is 9.88 Å². The molecule has 1 aromatic rings. The van der Waals surface area contributed by atoms with Crippen LogP contribution in [0, 0.1) is 0 Å². The minimum Gasteiger partial charge on any atom is -0.374 e. The van der Waals surface area contributed by atoms with Crippen molar-refractivity contribution in [3.05, 3.63) is 23.9 Å². The second-order valence-electron chi connectivity index (χ2n) is 5.75. The average molecular weight is 307 g/mol. The van der Waals surface area contributed by atoms with E-state index in [-0.39, 0.29) is 16.7 Å². The van der Waals surface area contributed by atoms with Gasteiger partial charge in [0.1, 0.15) is 11.5 Å². The van der Waals surface area contributed by atoms with Crippen molar-refractivity contribution in [1.29, 1.82) is 0 Å². The molecular weight excluding hydrogens is 288 g/mol. The third-order valence-corrected chi connectivity index (χ3v) is 4.59. The highest BCUT2D eigenvalue weighted by molar-refractivity contribution is 6.64. The van der Waals surface area contributed by atoms with E-state index in [1.165, 1.54) is 6.42 Å². The predicted molar refractivity (Wildman–Crippen MR) is 85.1 cm³/mol. The largest absolute Gasteiger partial charge is 0.374 e. The Morgan fingerprint density at radius 2 is 2.19 bits per heavy atom. The summed E-state index contributed by atoms with van der Waals surface area (Å²) in [4.78, 5) is 16.5. The van der Waals surface area contributed by atoms with Gasteiger partial charge in [-0.1, -0.05) is 31.9 Å². The predicted octanol–water partition coefficient (Wildman–Crippen LogP) is 2.72. The van der Waals surface area contributed by atoms with Gasteiger partial charge >= 0.3 is 0 Å². The Morgan fingerprint density at radius 3 is 2.81 bits per heavy atom. The normalized spacial score (nSPS) is 21.0. The van der Waals surface area contributed by atoms with Crippen LogP contribution < -0.4 is 11.1 Å². The summed E-state index contributed by atoms with van der Waals surface area (Å²) < 4.78 is 2.04. The number of hydrogen-bond acceptors (Lipinski definition) is 2. The number of aliphatic imine (C=N–C) groups is 1. The Bertz CT molecular complexity index is 622. The number of hydrogen-bond donors (Lipinski definition) is 2. The number of carbonyl (C=O) groups is 1. The minimum atomic E-state index is -0.117. The molecule has 1 aromatic heterocycles. The van der Waals surface area contributed by atoms with Crippen molar-refractivity contribution in [3.63, 3.8) is 0 Å². The molecule has 1 saturated carbocycles. The Labute approximate surface area is 128 Å². The lowest BCUT2D eigenvalue weighted by atomic mass is 9.80. The molecular formula is C15H19ClN4O. The van der Waals surface area contributed by atoms with Gasteiger partial charge in [-0.15, -0.1) is 0 Å². The van der Waals surface area contributed by atoms with Crippen molar-refractivity contribution in [2.45, 2.75) is 37.6 Å². The Kier molecular flexibility index (Phi) is 3.53. The van der Waals surface area contributed by atoms with E-state index in [0.717, 1.165) is 31.2 Å². The number of nitrogens with zero attached hydrogens (tertiary/aromatic N) is 2. The van der Waals surface area contributed by atoms with Crippen LogP contribution in [-0.2, 0) is 5.54 Å². The number of halogens is 1. The van der Waals surface area contributed by atoms with E-state index >= 15 is 0 Å². The number of amides is 1. The van der Waals surface area contributed by atoms with Gasteiger partial charge in [-0.05, 0) is 30.5 Å². The molecule has 0 saturated heterocycles. The lowest BCUT2D eigenvalue weighted by molar-refractivity contribution is 0.0830. The lowest BCUT2D eigenvalue weighted by Crippen LogP contribution is -2.52. The third-order valence-electron chi connectivity index (χ3n) is 4.50. The molecule has 3 rings (SSSR count). The summed E-state index contributed by atoms with van der Waals surface area (Å²) in [7, 11) is 0. The van der Waals surface area contributed by atoms with Crippen LogP contribution in [0.5, 0.6) is 0 Å². The van der Waals surface area contributed by atoms with E-state index in [9.17, 15) is 4.79 Å². The van der Waals surface area contributed by atoms with Gasteiger partial charge in [0.2, 0.25) is 0 Å². The van der Waals surface area contributed by atoms with E-state index in [1.807, 2.05) is 10.6 Å². The van der Waals surface area contributed by atoms with Gasteiger partial charge in [-0.25, -0.2) is 4.99 Å². The van der Waals surface area contributed by atoms with Crippen molar-refractivity contribution >= 4 is 34.7 Å². The first-order valence-corrected chi connectivity index (χ1v) is 7.62. The maximum atomic E-state index is 12.2. The topological polar surface area (TPSA) is 72.4 Å². The quantitative estimate of drug-likeness (QED) is 0.501. The fourth-order valence-corrected chi connectivity index (χ4v) is 3.64. The average Bonchev–Trinajstić information content (AvgIpc) is 2.84. The first kappa shape index (κ1) is 14.2. The van der Waals surface area contributed by atoms with Crippen LogP contribution in [0.25, 0.3) is 6.08 Å². The highest BCUT2D eigenvalue weighted by Gasteiger charge is 2.42. The zero-order valence-electron chi connectivity index (χ0n) is 11.9.